The Morgan fingerprint density at radius 1 is 1.23 bits per heavy atom. The molecular weight excluding hydrogens is 460 g/mol. The molecule has 35 heavy (non-hydrogen) atoms. The van der Waals surface area contributed by atoms with Gasteiger partial charge in [0.2, 0.25) is 12.3 Å². The van der Waals surface area contributed by atoms with Crippen molar-refractivity contribution < 1.29 is 14.1 Å². The highest BCUT2D eigenvalue weighted by Gasteiger charge is 2.30. The van der Waals surface area contributed by atoms with Crippen LogP contribution in [0.1, 0.15) is 82.1 Å². The molecule has 1 fully saturated rings. The number of aromatic nitrogens is 2. The Balaban J connectivity index is 0.000000231. The summed E-state index contributed by atoms with van der Waals surface area (Å²) in [6.07, 6.45) is 2.94. The first-order valence-corrected chi connectivity index (χ1v) is 13.1. The third-order valence-corrected chi connectivity index (χ3v) is 6.99. The predicted molar refractivity (Wildman–Crippen MR) is 141 cm³/mol. The molecule has 1 aliphatic heterocycles. The standard InChI is InChI=1S/C13H14N2OS.C12H18N2O2.C2H6/c1-9(14-7-16)11-3-5-12(6-4-11)13-10(2)15-8-17-13;1-8-7-11(16-13-8)10(3)12(15)14-6-4-5-9(14)2;1-2/h3-9H,1-2H3,(H,14,16);7,9-10H,4-6H2,1-3H3;1-2H3. The lowest BCUT2D eigenvalue weighted by atomic mass is 10.1. The number of carbonyl (C=O) groups is 2. The van der Waals surface area contributed by atoms with Gasteiger partial charge in [0, 0.05) is 18.7 Å². The fourth-order valence-electron chi connectivity index (χ4n) is 3.92. The molecule has 0 aliphatic carbocycles. The molecule has 0 radical (unpaired) electrons. The van der Waals surface area contributed by atoms with Crippen LogP contribution in [0.15, 0.2) is 40.4 Å². The number of amides is 2. The number of hydrogen-bond acceptors (Lipinski definition) is 6. The molecule has 4 rings (SSSR count). The van der Waals surface area contributed by atoms with E-state index in [2.05, 4.69) is 34.5 Å². The first-order valence-electron chi connectivity index (χ1n) is 12.3. The Hall–Kier alpha value is -3.00. The van der Waals surface area contributed by atoms with E-state index in [1.807, 2.05) is 70.2 Å². The van der Waals surface area contributed by atoms with Gasteiger partial charge >= 0.3 is 0 Å². The highest BCUT2D eigenvalue weighted by Crippen LogP contribution is 2.28. The summed E-state index contributed by atoms with van der Waals surface area (Å²) in [5.41, 5.74) is 6.01. The second-order valence-corrected chi connectivity index (χ2v) is 9.37. The van der Waals surface area contributed by atoms with Gasteiger partial charge < -0.3 is 14.7 Å². The van der Waals surface area contributed by atoms with Gasteiger partial charge in [-0.1, -0.05) is 43.3 Å². The monoisotopic (exact) mass is 498 g/mol. The highest BCUT2D eigenvalue weighted by atomic mass is 32.1. The average molecular weight is 499 g/mol. The first kappa shape index (κ1) is 28.2. The molecule has 2 aromatic heterocycles. The van der Waals surface area contributed by atoms with E-state index in [0.717, 1.165) is 42.7 Å². The van der Waals surface area contributed by atoms with Crippen LogP contribution in [0.25, 0.3) is 10.4 Å². The minimum absolute atomic E-state index is 0.0455. The Kier molecular flexibility index (Phi) is 11.1. The summed E-state index contributed by atoms with van der Waals surface area (Å²) in [5, 5.41) is 6.56. The zero-order valence-corrected chi connectivity index (χ0v) is 22.7. The maximum absolute atomic E-state index is 12.2. The SMILES string of the molecule is CC.Cc1cc(C(C)C(=O)N2CCCC2C)on1.Cc1ncsc1-c1ccc(C(C)NC=O)cc1. The van der Waals surface area contributed by atoms with E-state index in [1.54, 1.807) is 11.3 Å². The van der Waals surface area contributed by atoms with E-state index >= 15 is 0 Å². The smallest absolute Gasteiger partial charge is 0.233 e. The van der Waals surface area contributed by atoms with Crippen LogP contribution >= 0.6 is 11.3 Å². The van der Waals surface area contributed by atoms with Gasteiger partial charge in [-0.15, -0.1) is 11.3 Å². The lowest BCUT2D eigenvalue weighted by Gasteiger charge is -2.23. The van der Waals surface area contributed by atoms with E-state index in [1.165, 1.54) is 10.4 Å². The van der Waals surface area contributed by atoms with Gasteiger partial charge in [-0.25, -0.2) is 4.98 Å². The number of rotatable bonds is 6. The van der Waals surface area contributed by atoms with Crippen molar-refractivity contribution >= 4 is 23.7 Å². The van der Waals surface area contributed by atoms with Crippen molar-refractivity contribution in [3.8, 4) is 10.4 Å². The fraction of sp³-hybridized carbons (Fsp3) is 0.481. The molecule has 3 atom stereocenters. The van der Waals surface area contributed by atoms with Gasteiger partial charge in [0.15, 0.2) is 0 Å². The van der Waals surface area contributed by atoms with Gasteiger partial charge in [-0.2, -0.15) is 0 Å². The van der Waals surface area contributed by atoms with Crippen LogP contribution in [-0.2, 0) is 9.59 Å². The summed E-state index contributed by atoms with van der Waals surface area (Å²) in [5.74, 6) is 0.601. The van der Waals surface area contributed by atoms with Gasteiger partial charge in [0.25, 0.3) is 0 Å². The normalized spacial score (nSPS) is 16.3. The lowest BCUT2D eigenvalue weighted by Crippen LogP contribution is -2.36. The van der Waals surface area contributed by atoms with E-state index in [4.69, 9.17) is 4.52 Å². The van der Waals surface area contributed by atoms with E-state index < -0.39 is 0 Å². The van der Waals surface area contributed by atoms with Crippen LogP contribution in [0.4, 0.5) is 0 Å². The second-order valence-electron chi connectivity index (χ2n) is 8.51. The first-order chi connectivity index (χ1) is 16.8. The zero-order valence-electron chi connectivity index (χ0n) is 21.9. The number of hydrogen-bond donors (Lipinski definition) is 1. The van der Waals surface area contributed by atoms with Gasteiger partial charge in [-0.3, -0.25) is 9.59 Å². The number of thiazole rings is 1. The Bertz CT molecular complexity index is 1060. The summed E-state index contributed by atoms with van der Waals surface area (Å²) in [6.45, 7) is 14.7. The third-order valence-electron chi connectivity index (χ3n) is 6.02. The topological polar surface area (TPSA) is 88.3 Å². The van der Waals surface area contributed by atoms with Crippen LogP contribution in [0, 0.1) is 13.8 Å². The zero-order chi connectivity index (χ0) is 26.0. The summed E-state index contributed by atoms with van der Waals surface area (Å²) in [4.78, 5) is 30.0. The summed E-state index contributed by atoms with van der Waals surface area (Å²) in [6, 6.07) is 10.5. The molecule has 1 saturated heterocycles. The molecule has 1 N–H and O–H groups in total. The minimum Gasteiger partial charge on any atom is -0.360 e. The van der Waals surface area contributed by atoms with Crippen molar-refractivity contribution in [2.45, 2.75) is 79.3 Å². The van der Waals surface area contributed by atoms with E-state index in [9.17, 15) is 9.59 Å². The molecule has 1 aromatic carbocycles. The molecule has 1 aliphatic rings. The maximum atomic E-state index is 12.2. The fourth-order valence-corrected chi connectivity index (χ4v) is 4.73. The van der Waals surface area contributed by atoms with E-state index in [0.29, 0.717) is 11.8 Å². The van der Waals surface area contributed by atoms with Crippen LogP contribution in [0.5, 0.6) is 0 Å². The van der Waals surface area contributed by atoms with Crippen molar-refractivity contribution in [2.24, 2.45) is 0 Å². The number of carbonyl (C=O) groups excluding carboxylic acids is 2. The van der Waals surface area contributed by atoms with Gasteiger partial charge in [0.1, 0.15) is 5.76 Å². The predicted octanol–water partition coefficient (Wildman–Crippen LogP) is 6.05. The molecule has 2 amide bonds. The lowest BCUT2D eigenvalue weighted by molar-refractivity contribution is -0.133. The largest absolute Gasteiger partial charge is 0.360 e. The van der Waals surface area contributed by atoms with Crippen molar-refractivity contribution in [2.75, 3.05) is 6.54 Å². The third kappa shape index (κ3) is 7.49. The van der Waals surface area contributed by atoms with Crippen LogP contribution in [0.3, 0.4) is 0 Å². The van der Waals surface area contributed by atoms with Gasteiger partial charge in [0.05, 0.1) is 33.7 Å². The molecule has 8 heteroatoms. The minimum atomic E-state index is -0.221. The molecule has 190 valence electrons. The number of aryl methyl sites for hydroxylation is 2. The van der Waals surface area contributed by atoms with Gasteiger partial charge in [-0.05, 0) is 58.6 Å². The summed E-state index contributed by atoms with van der Waals surface area (Å²) >= 11 is 1.64. The van der Waals surface area contributed by atoms with Crippen molar-refractivity contribution in [1.82, 2.24) is 20.4 Å². The number of nitrogens with one attached hydrogen (secondary N) is 1. The van der Waals surface area contributed by atoms with E-state index in [-0.39, 0.29) is 17.9 Å². The second kappa shape index (κ2) is 13.8. The van der Waals surface area contributed by atoms with Crippen molar-refractivity contribution in [1.29, 1.82) is 0 Å². The molecule has 3 heterocycles. The number of benzene rings is 1. The average Bonchev–Trinajstić information content (AvgIpc) is 3.61. The van der Waals surface area contributed by atoms with Crippen LogP contribution < -0.4 is 5.32 Å². The Morgan fingerprint density at radius 2 is 1.91 bits per heavy atom. The molecule has 0 saturated carbocycles. The number of likely N-dealkylation sites (tertiary alicyclic amines) is 1. The molecular formula is C27H38N4O3S. The Labute approximate surface area is 212 Å². The van der Waals surface area contributed by atoms with Crippen molar-refractivity contribution in [3.63, 3.8) is 0 Å². The summed E-state index contributed by atoms with van der Waals surface area (Å²) < 4.78 is 5.14. The summed E-state index contributed by atoms with van der Waals surface area (Å²) in [7, 11) is 0. The van der Waals surface area contributed by atoms with Crippen LogP contribution in [0.2, 0.25) is 0 Å². The van der Waals surface area contributed by atoms with Crippen molar-refractivity contribution in [3.05, 3.63) is 58.6 Å². The van der Waals surface area contributed by atoms with Crippen LogP contribution in [-0.4, -0.2) is 39.9 Å². The molecule has 7 nitrogen and oxygen atoms in total. The molecule has 0 spiro atoms. The Morgan fingerprint density at radius 3 is 2.40 bits per heavy atom. The quantitative estimate of drug-likeness (QED) is 0.418. The maximum Gasteiger partial charge on any atom is 0.233 e. The number of nitrogens with zero attached hydrogens (tertiary/aromatic N) is 3. The molecule has 3 unspecified atom stereocenters. The highest BCUT2D eigenvalue weighted by molar-refractivity contribution is 7.13. The molecule has 3 aromatic rings. The molecule has 0 bridgehead atoms.